The molecule has 0 unspecified atom stereocenters. The summed E-state index contributed by atoms with van der Waals surface area (Å²) in [6, 6.07) is 32.9. The molecule has 0 fully saturated rings. The summed E-state index contributed by atoms with van der Waals surface area (Å²) in [5.74, 6) is 1.63. The summed E-state index contributed by atoms with van der Waals surface area (Å²) in [6.07, 6.45) is 1.97. The fourth-order valence-corrected chi connectivity index (χ4v) is 4.04. The van der Waals surface area contributed by atoms with Gasteiger partial charge in [-0.1, -0.05) is 54.6 Å². The van der Waals surface area contributed by atoms with Crippen molar-refractivity contribution in [2.45, 2.75) is 13.3 Å². The third kappa shape index (κ3) is 4.97. The number of ether oxygens (including phenoxy) is 1. The lowest BCUT2D eigenvalue weighted by Gasteiger charge is -2.11. The molecular weight excluding hydrogens is 432 g/mol. The van der Waals surface area contributed by atoms with E-state index in [2.05, 4.69) is 69.9 Å². The van der Waals surface area contributed by atoms with Crippen molar-refractivity contribution in [3.63, 3.8) is 0 Å². The number of fused-ring (bicyclic) bond motifs is 1. The number of benzene rings is 4. The van der Waals surface area contributed by atoms with Crippen molar-refractivity contribution in [2.75, 3.05) is 11.9 Å². The second-order valence-corrected chi connectivity index (χ2v) is 8.15. The van der Waals surface area contributed by atoms with Crippen LogP contribution in [0.1, 0.15) is 12.5 Å². The van der Waals surface area contributed by atoms with Gasteiger partial charge in [0.1, 0.15) is 17.9 Å². The average molecular weight is 457 g/mol. The largest absolute Gasteiger partial charge is 0.494 e. The fraction of sp³-hybridized carbons (Fsp3) is 0.100. The maximum atomic E-state index is 8.88. The van der Waals surface area contributed by atoms with Crippen LogP contribution >= 0.6 is 0 Å². The summed E-state index contributed by atoms with van der Waals surface area (Å²) in [5.41, 5.74) is 7.30. The van der Waals surface area contributed by atoms with Crippen LogP contribution in [0, 0.1) is 11.3 Å². The first-order valence-corrected chi connectivity index (χ1v) is 11.5. The van der Waals surface area contributed by atoms with Crippen molar-refractivity contribution in [1.29, 1.82) is 5.26 Å². The van der Waals surface area contributed by atoms with E-state index in [1.54, 1.807) is 6.33 Å². The minimum atomic E-state index is 0.400. The van der Waals surface area contributed by atoms with E-state index < -0.39 is 0 Å². The SMILES string of the molecule is CCOc1ccc(-c2ccc(-c3ccc4ncnc(Nc5ccc(CC#N)cc5)c4c3)cc2)cc1. The first-order chi connectivity index (χ1) is 17.2. The van der Waals surface area contributed by atoms with Gasteiger partial charge in [0.25, 0.3) is 0 Å². The highest BCUT2D eigenvalue weighted by Gasteiger charge is 2.08. The number of anilines is 2. The molecule has 5 nitrogen and oxygen atoms in total. The fourth-order valence-electron chi connectivity index (χ4n) is 4.04. The van der Waals surface area contributed by atoms with E-state index >= 15 is 0 Å². The van der Waals surface area contributed by atoms with Crippen LogP contribution in [0.25, 0.3) is 33.2 Å². The Morgan fingerprint density at radius 3 is 2.06 bits per heavy atom. The van der Waals surface area contributed by atoms with Gasteiger partial charge in [-0.25, -0.2) is 9.97 Å². The number of aromatic nitrogens is 2. The van der Waals surface area contributed by atoms with Crippen molar-refractivity contribution in [3.05, 3.63) is 103 Å². The number of nitrogens with zero attached hydrogens (tertiary/aromatic N) is 3. The minimum absolute atomic E-state index is 0.400. The number of hydrogen-bond acceptors (Lipinski definition) is 5. The van der Waals surface area contributed by atoms with Gasteiger partial charge in [-0.2, -0.15) is 5.26 Å². The summed E-state index contributed by atoms with van der Waals surface area (Å²) < 4.78 is 5.54. The summed E-state index contributed by atoms with van der Waals surface area (Å²) >= 11 is 0. The molecule has 170 valence electrons. The van der Waals surface area contributed by atoms with Gasteiger partial charge in [-0.05, 0) is 71.1 Å². The Labute approximate surface area is 204 Å². The van der Waals surface area contributed by atoms with Crippen LogP contribution in [-0.2, 0) is 6.42 Å². The normalized spacial score (nSPS) is 10.6. The molecule has 1 N–H and O–H groups in total. The van der Waals surface area contributed by atoms with Crippen LogP contribution < -0.4 is 10.1 Å². The van der Waals surface area contributed by atoms with Crippen LogP contribution in [0.2, 0.25) is 0 Å². The monoisotopic (exact) mass is 456 g/mol. The van der Waals surface area contributed by atoms with Crippen molar-refractivity contribution in [1.82, 2.24) is 9.97 Å². The van der Waals surface area contributed by atoms with E-state index in [0.29, 0.717) is 13.0 Å². The van der Waals surface area contributed by atoms with E-state index in [9.17, 15) is 0 Å². The molecule has 4 aromatic carbocycles. The minimum Gasteiger partial charge on any atom is -0.494 e. The zero-order valence-corrected chi connectivity index (χ0v) is 19.4. The van der Waals surface area contributed by atoms with Crippen molar-refractivity contribution < 1.29 is 4.74 Å². The predicted molar refractivity (Wildman–Crippen MR) is 141 cm³/mol. The van der Waals surface area contributed by atoms with Gasteiger partial charge in [0.05, 0.1) is 24.6 Å². The molecule has 0 aliphatic carbocycles. The van der Waals surface area contributed by atoms with Crippen LogP contribution in [-0.4, -0.2) is 16.6 Å². The summed E-state index contributed by atoms with van der Waals surface area (Å²) in [6.45, 7) is 2.65. The second-order valence-electron chi connectivity index (χ2n) is 8.15. The molecule has 0 amide bonds. The summed E-state index contributed by atoms with van der Waals surface area (Å²) in [4.78, 5) is 8.92. The third-order valence-corrected chi connectivity index (χ3v) is 5.85. The van der Waals surface area contributed by atoms with Gasteiger partial charge >= 0.3 is 0 Å². The van der Waals surface area contributed by atoms with Crippen LogP contribution in [0.5, 0.6) is 5.75 Å². The maximum Gasteiger partial charge on any atom is 0.141 e. The predicted octanol–water partition coefficient (Wildman–Crippen LogP) is 7.17. The van der Waals surface area contributed by atoms with E-state index in [1.807, 2.05) is 49.4 Å². The molecule has 0 aliphatic rings. The lowest BCUT2D eigenvalue weighted by atomic mass is 9.99. The van der Waals surface area contributed by atoms with Gasteiger partial charge in [-0.15, -0.1) is 0 Å². The number of rotatable bonds is 7. The number of nitrogens with one attached hydrogen (secondary N) is 1. The molecule has 0 atom stereocenters. The van der Waals surface area contributed by atoms with Crippen molar-refractivity contribution >= 4 is 22.4 Å². The molecular formula is C30H24N4O. The Bertz CT molecular complexity index is 1490. The topological polar surface area (TPSA) is 70.8 Å². The van der Waals surface area contributed by atoms with Crippen LogP contribution in [0.4, 0.5) is 11.5 Å². The van der Waals surface area contributed by atoms with E-state index in [0.717, 1.165) is 56.0 Å². The lowest BCUT2D eigenvalue weighted by Crippen LogP contribution is -1.96. The van der Waals surface area contributed by atoms with E-state index in [4.69, 9.17) is 10.00 Å². The Morgan fingerprint density at radius 2 is 1.40 bits per heavy atom. The van der Waals surface area contributed by atoms with Crippen LogP contribution in [0.15, 0.2) is 97.3 Å². The Balaban J connectivity index is 1.41. The van der Waals surface area contributed by atoms with E-state index in [-0.39, 0.29) is 0 Å². The molecule has 5 rings (SSSR count). The van der Waals surface area contributed by atoms with Gasteiger partial charge in [0, 0.05) is 11.1 Å². The quantitative estimate of drug-likeness (QED) is 0.281. The first kappa shape index (κ1) is 22.1. The average Bonchev–Trinajstić information content (AvgIpc) is 2.91. The molecule has 35 heavy (non-hydrogen) atoms. The Morgan fingerprint density at radius 1 is 0.771 bits per heavy atom. The van der Waals surface area contributed by atoms with Gasteiger partial charge in [0.15, 0.2) is 0 Å². The molecule has 5 aromatic rings. The molecule has 0 bridgehead atoms. The molecule has 0 saturated carbocycles. The van der Waals surface area contributed by atoms with Gasteiger partial charge < -0.3 is 10.1 Å². The number of hydrogen-bond donors (Lipinski definition) is 1. The second kappa shape index (κ2) is 10.1. The lowest BCUT2D eigenvalue weighted by molar-refractivity contribution is 0.340. The van der Waals surface area contributed by atoms with Crippen molar-refractivity contribution in [3.8, 4) is 34.1 Å². The maximum absolute atomic E-state index is 8.88. The van der Waals surface area contributed by atoms with Gasteiger partial charge in [0.2, 0.25) is 0 Å². The highest BCUT2D eigenvalue weighted by atomic mass is 16.5. The smallest absolute Gasteiger partial charge is 0.141 e. The standard InChI is InChI=1S/C30H24N4O/c1-2-35-27-14-9-23(10-15-27)22-5-7-24(8-6-22)25-11-16-29-28(19-25)30(33-20-32-29)34-26-12-3-21(4-13-26)17-18-31/h3-16,19-20H,2,17H2,1H3,(H,32,33,34). The van der Waals surface area contributed by atoms with Gasteiger partial charge in [-0.3, -0.25) is 0 Å². The molecule has 5 heteroatoms. The highest BCUT2D eigenvalue weighted by Crippen LogP contribution is 2.30. The molecule has 0 spiro atoms. The highest BCUT2D eigenvalue weighted by molar-refractivity contribution is 5.94. The van der Waals surface area contributed by atoms with Crippen molar-refractivity contribution in [2.24, 2.45) is 0 Å². The molecule has 1 aromatic heterocycles. The zero-order chi connectivity index (χ0) is 24.0. The summed E-state index contributed by atoms with van der Waals surface area (Å²) in [5, 5.41) is 13.2. The molecule has 1 heterocycles. The Kier molecular flexibility index (Phi) is 6.36. The molecule has 0 radical (unpaired) electrons. The molecule has 0 saturated heterocycles. The summed E-state index contributed by atoms with van der Waals surface area (Å²) in [7, 11) is 0. The third-order valence-electron chi connectivity index (χ3n) is 5.85. The number of nitriles is 1. The Hall–Kier alpha value is -4.69. The van der Waals surface area contributed by atoms with Crippen LogP contribution in [0.3, 0.4) is 0 Å². The van der Waals surface area contributed by atoms with E-state index in [1.165, 1.54) is 0 Å². The zero-order valence-electron chi connectivity index (χ0n) is 19.4. The molecule has 0 aliphatic heterocycles. The first-order valence-electron chi connectivity index (χ1n) is 11.5.